The first-order chi connectivity index (χ1) is 10.1. The van der Waals surface area contributed by atoms with E-state index in [1.54, 1.807) is 4.68 Å². The number of aromatic nitrogens is 2. The molecule has 2 heterocycles. The molecule has 0 unspecified atom stereocenters. The summed E-state index contributed by atoms with van der Waals surface area (Å²) in [5, 5.41) is 14.0. The second-order valence-electron chi connectivity index (χ2n) is 6.04. The second kappa shape index (κ2) is 6.89. The van der Waals surface area contributed by atoms with Crippen molar-refractivity contribution in [2.45, 2.75) is 39.2 Å². The maximum absolute atomic E-state index is 12.4. The summed E-state index contributed by atoms with van der Waals surface area (Å²) in [7, 11) is 0. The molecule has 1 aliphatic heterocycles. The van der Waals surface area contributed by atoms with Gasteiger partial charge < -0.3 is 10.0 Å². The van der Waals surface area contributed by atoms with Crippen LogP contribution in [0.2, 0.25) is 0 Å². The Morgan fingerprint density at radius 1 is 1.62 bits per heavy atom. The predicted octanol–water partition coefficient (Wildman–Crippen LogP) is 1.76. The van der Waals surface area contributed by atoms with E-state index in [1.165, 1.54) is 0 Å². The minimum Gasteiger partial charge on any atom is -0.396 e. The van der Waals surface area contributed by atoms with Crippen LogP contribution < -0.4 is 0 Å². The van der Waals surface area contributed by atoms with Gasteiger partial charge in [0.25, 0.3) is 0 Å². The number of aliphatic hydroxyl groups is 1. The summed E-state index contributed by atoms with van der Waals surface area (Å²) in [6.45, 7) is 7.85. The molecule has 0 radical (unpaired) electrons. The molecular weight excluding hydrogens is 266 g/mol. The minimum absolute atomic E-state index is 0.112. The Balaban J connectivity index is 1.90. The fourth-order valence-electron chi connectivity index (χ4n) is 3.04. The van der Waals surface area contributed by atoms with Crippen molar-refractivity contribution in [2.75, 3.05) is 19.7 Å². The maximum Gasteiger partial charge on any atom is 0.224 e. The van der Waals surface area contributed by atoms with Crippen molar-refractivity contribution >= 4 is 5.91 Å². The van der Waals surface area contributed by atoms with Gasteiger partial charge in [0, 0.05) is 37.7 Å². The first kappa shape index (κ1) is 15.8. The van der Waals surface area contributed by atoms with E-state index in [-0.39, 0.29) is 17.9 Å². The zero-order valence-corrected chi connectivity index (χ0v) is 12.8. The van der Waals surface area contributed by atoms with E-state index in [2.05, 4.69) is 11.7 Å². The third-order valence-electron chi connectivity index (χ3n) is 4.26. The van der Waals surface area contributed by atoms with Gasteiger partial charge >= 0.3 is 0 Å². The van der Waals surface area contributed by atoms with Crippen LogP contribution in [0.4, 0.5) is 0 Å². The highest BCUT2D eigenvalue weighted by atomic mass is 16.3. The van der Waals surface area contributed by atoms with Crippen LogP contribution >= 0.6 is 0 Å². The van der Waals surface area contributed by atoms with Gasteiger partial charge in [0.1, 0.15) is 0 Å². The van der Waals surface area contributed by atoms with Gasteiger partial charge in [-0.2, -0.15) is 5.10 Å². The predicted molar refractivity (Wildman–Crippen MR) is 81.7 cm³/mol. The Morgan fingerprint density at radius 3 is 3.05 bits per heavy atom. The van der Waals surface area contributed by atoms with E-state index < -0.39 is 0 Å². The zero-order chi connectivity index (χ0) is 15.3. The standard InChI is InChI=1S/C16H25N3O2/c1-3-7-16(13-20)8-4-9-18(12-16)15(21)6-11-19-10-5-14(2)17-19/h3,5,10,20H,1,4,6-9,11-13H2,2H3/t16-/m1/s1. The molecule has 1 fully saturated rings. The molecule has 0 aromatic carbocycles. The number of aliphatic hydroxyl groups excluding tert-OH is 1. The van der Waals surface area contributed by atoms with Crippen LogP contribution in [-0.2, 0) is 11.3 Å². The van der Waals surface area contributed by atoms with Gasteiger partial charge in [-0.05, 0) is 32.3 Å². The van der Waals surface area contributed by atoms with Crippen LogP contribution in [-0.4, -0.2) is 45.4 Å². The number of likely N-dealkylation sites (tertiary alicyclic amines) is 1. The number of hydrogen-bond acceptors (Lipinski definition) is 3. The van der Waals surface area contributed by atoms with Crippen LogP contribution in [0.15, 0.2) is 24.9 Å². The summed E-state index contributed by atoms with van der Waals surface area (Å²) >= 11 is 0. The van der Waals surface area contributed by atoms with Crippen LogP contribution in [0, 0.1) is 12.3 Å². The Morgan fingerprint density at radius 2 is 2.43 bits per heavy atom. The van der Waals surface area contributed by atoms with E-state index in [1.807, 2.05) is 30.2 Å². The van der Waals surface area contributed by atoms with Gasteiger partial charge in [0.2, 0.25) is 5.91 Å². The molecule has 5 nitrogen and oxygen atoms in total. The van der Waals surface area contributed by atoms with Gasteiger partial charge in [-0.25, -0.2) is 0 Å². The summed E-state index contributed by atoms with van der Waals surface area (Å²) in [6, 6.07) is 1.94. The highest BCUT2D eigenvalue weighted by Gasteiger charge is 2.35. The van der Waals surface area contributed by atoms with Crippen LogP contribution in [0.25, 0.3) is 0 Å². The number of hydrogen-bond donors (Lipinski definition) is 1. The fraction of sp³-hybridized carbons (Fsp3) is 0.625. The molecule has 0 spiro atoms. The number of nitrogens with zero attached hydrogens (tertiary/aromatic N) is 3. The number of amides is 1. The van der Waals surface area contributed by atoms with Crippen LogP contribution in [0.3, 0.4) is 0 Å². The fourth-order valence-corrected chi connectivity index (χ4v) is 3.04. The number of rotatable bonds is 6. The lowest BCUT2D eigenvalue weighted by Gasteiger charge is -2.41. The number of piperidine rings is 1. The van der Waals surface area contributed by atoms with Crippen molar-refractivity contribution in [3.8, 4) is 0 Å². The Kier molecular flexibility index (Phi) is 5.17. The highest BCUT2D eigenvalue weighted by Crippen LogP contribution is 2.33. The van der Waals surface area contributed by atoms with Crippen molar-refractivity contribution in [3.63, 3.8) is 0 Å². The van der Waals surface area contributed by atoms with Gasteiger partial charge in [0.15, 0.2) is 0 Å². The molecule has 5 heteroatoms. The van der Waals surface area contributed by atoms with E-state index in [0.29, 0.717) is 19.5 Å². The third kappa shape index (κ3) is 3.94. The van der Waals surface area contributed by atoms with E-state index in [0.717, 1.165) is 31.5 Å². The second-order valence-corrected chi connectivity index (χ2v) is 6.04. The molecule has 0 saturated carbocycles. The molecule has 1 aliphatic rings. The largest absolute Gasteiger partial charge is 0.396 e. The van der Waals surface area contributed by atoms with Crippen LogP contribution in [0.1, 0.15) is 31.4 Å². The summed E-state index contributed by atoms with van der Waals surface area (Å²) in [5.41, 5.74) is 0.767. The quantitative estimate of drug-likeness (QED) is 0.813. The molecule has 1 aromatic heterocycles. The van der Waals surface area contributed by atoms with Crippen molar-refractivity contribution in [1.82, 2.24) is 14.7 Å². The Labute approximate surface area is 126 Å². The third-order valence-corrected chi connectivity index (χ3v) is 4.26. The normalized spacial score (nSPS) is 22.3. The summed E-state index contributed by atoms with van der Waals surface area (Å²) < 4.78 is 1.81. The highest BCUT2D eigenvalue weighted by molar-refractivity contribution is 5.76. The molecule has 1 atom stereocenters. The van der Waals surface area contributed by atoms with Crippen molar-refractivity contribution < 1.29 is 9.90 Å². The first-order valence-corrected chi connectivity index (χ1v) is 7.58. The molecule has 0 aliphatic carbocycles. The molecule has 1 saturated heterocycles. The number of carbonyl (C=O) groups excluding carboxylic acids is 1. The van der Waals surface area contributed by atoms with Crippen molar-refractivity contribution in [1.29, 1.82) is 0 Å². The lowest BCUT2D eigenvalue weighted by molar-refractivity contribution is -0.135. The van der Waals surface area contributed by atoms with E-state index in [9.17, 15) is 9.90 Å². The zero-order valence-electron chi connectivity index (χ0n) is 12.8. The monoisotopic (exact) mass is 291 g/mol. The molecule has 0 bridgehead atoms. The van der Waals surface area contributed by atoms with Crippen molar-refractivity contribution in [3.05, 3.63) is 30.6 Å². The lowest BCUT2D eigenvalue weighted by atomic mass is 9.78. The Bertz CT molecular complexity index is 497. The van der Waals surface area contributed by atoms with Crippen LogP contribution in [0.5, 0.6) is 0 Å². The molecule has 1 amide bonds. The average Bonchev–Trinajstić information content (AvgIpc) is 2.91. The molecule has 1 N–H and O–H groups in total. The molecule has 116 valence electrons. The SMILES string of the molecule is C=CC[C@@]1(CO)CCCN(C(=O)CCn2ccc(C)n2)C1. The van der Waals surface area contributed by atoms with Gasteiger partial charge in [-0.1, -0.05) is 6.08 Å². The molecule has 21 heavy (non-hydrogen) atoms. The van der Waals surface area contributed by atoms with Crippen molar-refractivity contribution in [2.24, 2.45) is 5.41 Å². The lowest BCUT2D eigenvalue weighted by Crippen LogP contribution is -2.47. The topological polar surface area (TPSA) is 58.4 Å². The van der Waals surface area contributed by atoms with Gasteiger partial charge in [0.05, 0.1) is 12.3 Å². The van der Waals surface area contributed by atoms with Gasteiger partial charge in [-0.15, -0.1) is 6.58 Å². The average molecular weight is 291 g/mol. The molecule has 2 rings (SSSR count). The smallest absolute Gasteiger partial charge is 0.224 e. The number of allylic oxidation sites excluding steroid dienone is 1. The Hall–Kier alpha value is -1.62. The van der Waals surface area contributed by atoms with E-state index >= 15 is 0 Å². The minimum atomic E-state index is -0.196. The number of aryl methyl sites for hydroxylation is 2. The maximum atomic E-state index is 12.4. The summed E-state index contributed by atoms with van der Waals surface area (Å²) in [6.07, 6.45) is 6.85. The van der Waals surface area contributed by atoms with Gasteiger partial charge in [-0.3, -0.25) is 9.48 Å². The summed E-state index contributed by atoms with van der Waals surface area (Å²) in [5.74, 6) is 0.143. The first-order valence-electron chi connectivity index (χ1n) is 7.58. The number of carbonyl (C=O) groups is 1. The summed E-state index contributed by atoms with van der Waals surface area (Å²) in [4.78, 5) is 14.3. The van der Waals surface area contributed by atoms with E-state index in [4.69, 9.17) is 0 Å². The molecular formula is C16H25N3O2. The molecule has 1 aromatic rings.